The topological polar surface area (TPSA) is 97.0 Å². The molecule has 8 nitrogen and oxygen atoms in total. The van der Waals surface area contributed by atoms with E-state index in [-0.39, 0.29) is 23.3 Å². The summed E-state index contributed by atoms with van der Waals surface area (Å²) in [5, 5.41) is 2.88. The maximum Gasteiger partial charge on any atom is 0.240 e. The van der Waals surface area contributed by atoms with Gasteiger partial charge in [-0.2, -0.15) is 0 Å². The van der Waals surface area contributed by atoms with Gasteiger partial charge in [-0.3, -0.25) is 9.69 Å². The molecule has 1 saturated heterocycles. The van der Waals surface area contributed by atoms with Crippen molar-refractivity contribution in [2.45, 2.75) is 24.7 Å². The van der Waals surface area contributed by atoms with Crippen LogP contribution in [0.1, 0.15) is 18.4 Å². The zero-order valence-corrected chi connectivity index (χ0v) is 19.6. The molecule has 1 aliphatic heterocycles. The molecule has 2 aromatic rings. The fraction of sp³-hybridized carbons (Fsp3) is 0.435. The zero-order valence-electron chi connectivity index (χ0n) is 18.8. The molecule has 1 amide bonds. The van der Waals surface area contributed by atoms with Crippen molar-refractivity contribution in [1.29, 1.82) is 0 Å². The van der Waals surface area contributed by atoms with Crippen molar-refractivity contribution in [2.24, 2.45) is 5.92 Å². The van der Waals surface area contributed by atoms with Crippen LogP contribution in [-0.2, 0) is 14.8 Å². The summed E-state index contributed by atoms with van der Waals surface area (Å²) in [6.07, 6.45) is 1.83. The minimum Gasteiger partial charge on any atom is -0.497 e. The van der Waals surface area contributed by atoms with E-state index in [2.05, 4.69) is 14.9 Å². The van der Waals surface area contributed by atoms with E-state index >= 15 is 0 Å². The first-order valence-electron chi connectivity index (χ1n) is 10.6. The van der Waals surface area contributed by atoms with Gasteiger partial charge in [0.05, 0.1) is 25.7 Å². The van der Waals surface area contributed by atoms with Gasteiger partial charge in [0.15, 0.2) is 0 Å². The van der Waals surface area contributed by atoms with Gasteiger partial charge in [-0.1, -0.05) is 17.7 Å². The van der Waals surface area contributed by atoms with Crippen LogP contribution in [0, 0.1) is 12.8 Å². The first-order chi connectivity index (χ1) is 15.3. The SMILES string of the molecule is COc1cc(NC(=O)CN2CCCC(CNS(=O)(=O)c3ccc(C)cc3)C2)cc(OC)c1. The Labute approximate surface area is 190 Å². The molecule has 0 spiro atoms. The summed E-state index contributed by atoms with van der Waals surface area (Å²) in [4.78, 5) is 14.9. The number of nitrogens with zero attached hydrogens (tertiary/aromatic N) is 1. The van der Waals surface area contributed by atoms with E-state index in [0.717, 1.165) is 24.9 Å². The molecule has 0 bridgehead atoms. The Bertz CT molecular complexity index is 1000. The van der Waals surface area contributed by atoms with E-state index in [0.29, 0.717) is 30.3 Å². The molecule has 0 aromatic heterocycles. The summed E-state index contributed by atoms with van der Waals surface area (Å²) in [5.41, 5.74) is 1.61. The number of carbonyl (C=O) groups excluding carboxylic acids is 1. The minimum absolute atomic E-state index is 0.138. The number of hydrogen-bond donors (Lipinski definition) is 2. The standard InChI is InChI=1S/C23H31N3O5S/c1-17-6-8-22(9-7-17)32(28,29)24-14-18-5-4-10-26(15-18)16-23(27)25-19-11-20(30-2)13-21(12-19)31-3/h6-9,11-13,18,24H,4-5,10,14-16H2,1-3H3,(H,25,27). The normalized spacial score (nSPS) is 17.0. The average molecular weight is 462 g/mol. The maximum absolute atomic E-state index is 12.6. The third-order valence-corrected chi connectivity index (χ3v) is 6.94. The van der Waals surface area contributed by atoms with E-state index in [9.17, 15) is 13.2 Å². The van der Waals surface area contributed by atoms with E-state index in [1.165, 1.54) is 0 Å². The third-order valence-electron chi connectivity index (χ3n) is 5.50. The number of benzene rings is 2. The number of piperidine rings is 1. The highest BCUT2D eigenvalue weighted by Crippen LogP contribution is 2.26. The zero-order chi connectivity index (χ0) is 23.1. The number of aryl methyl sites for hydroxylation is 1. The van der Waals surface area contributed by atoms with Crippen molar-refractivity contribution >= 4 is 21.6 Å². The predicted molar refractivity (Wildman–Crippen MR) is 124 cm³/mol. The number of rotatable bonds is 9. The van der Waals surface area contributed by atoms with E-state index in [4.69, 9.17) is 9.47 Å². The Kier molecular flexibility index (Phi) is 8.11. The Morgan fingerprint density at radius 2 is 1.75 bits per heavy atom. The van der Waals surface area contributed by atoms with Gasteiger partial charge >= 0.3 is 0 Å². The van der Waals surface area contributed by atoms with Gasteiger partial charge in [0.25, 0.3) is 0 Å². The summed E-state index contributed by atoms with van der Waals surface area (Å²) < 4.78 is 38.3. The van der Waals surface area contributed by atoms with Gasteiger partial charge in [-0.25, -0.2) is 13.1 Å². The van der Waals surface area contributed by atoms with Gasteiger partial charge in [0.1, 0.15) is 11.5 Å². The summed E-state index contributed by atoms with van der Waals surface area (Å²) in [7, 11) is -0.429. The molecule has 2 N–H and O–H groups in total. The van der Waals surface area contributed by atoms with Crippen LogP contribution >= 0.6 is 0 Å². The van der Waals surface area contributed by atoms with Gasteiger partial charge in [-0.05, 0) is 44.4 Å². The Hall–Kier alpha value is -2.62. The van der Waals surface area contributed by atoms with Crippen LogP contribution in [0.2, 0.25) is 0 Å². The number of ether oxygens (including phenoxy) is 2. The molecule has 1 atom stereocenters. The molecule has 1 aliphatic rings. The van der Waals surface area contributed by atoms with Crippen molar-refractivity contribution in [3.63, 3.8) is 0 Å². The number of anilines is 1. The van der Waals surface area contributed by atoms with Crippen LogP contribution in [0.5, 0.6) is 11.5 Å². The number of carbonyl (C=O) groups is 1. The van der Waals surface area contributed by atoms with Gasteiger partial charge < -0.3 is 14.8 Å². The Morgan fingerprint density at radius 1 is 1.09 bits per heavy atom. The van der Waals surface area contributed by atoms with Crippen LogP contribution in [0.3, 0.4) is 0 Å². The van der Waals surface area contributed by atoms with Crippen LogP contribution < -0.4 is 19.5 Å². The summed E-state index contributed by atoms with van der Waals surface area (Å²) in [6, 6.07) is 12.0. The number of amides is 1. The molecular formula is C23H31N3O5S. The molecule has 174 valence electrons. The fourth-order valence-electron chi connectivity index (χ4n) is 3.77. The number of likely N-dealkylation sites (tertiary alicyclic amines) is 1. The monoisotopic (exact) mass is 461 g/mol. The summed E-state index contributed by atoms with van der Waals surface area (Å²) >= 11 is 0. The molecule has 9 heteroatoms. The van der Waals surface area contributed by atoms with Gasteiger partial charge in [0.2, 0.25) is 15.9 Å². The molecular weight excluding hydrogens is 430 g/mol. The molecule has 0 aliphatic carbocycles. The van der Waals surface area contributed by atoms with E-state index < -0.39 is 10.0 Å². The lowest BCUT2D eigenvalue weighted by Crippen LogP contribution is -2.43. The average Bonchev–Trinajstić information content (AvgIpc) is 2.78. The minimum atomic E-state index is -3.54. The lowest BCUT2D eigenvalue weighted by molar-refractivity contribution is -0.117. The first-order valence-corrected chi connectivity index (χ1v) is 12.1. The second kappa shape index (κ2) is 10.8. The lowest BCUT2D eigenvalue weighted by atomic mass is 9.98. The third kappa shape index (κ3) is 6.69. The first kappa shape index (κ1) is 24.0. The van der Waals surface area contributed by atoms with Crippen molar-refractivity contribution in [3.8, 4) is 11.5 Å². The van der Waals surface area contributed by atoms with E-state index in [1.807, 2.05) is 6.92 Å². The van der Waals surface area contributed by atoms with E-state index in [1.54, 1.807) is 56.7 Å². The predicted octanol–water partition coefficient (Wildman–Crippen LogP) is 2.64. The van der Waals surface area contributed by atoms with Crippen LogP contribution in [-0.4, -0.2) is 59.6 Å². The lowest BCUT2D eigenvalue weighted by Gasteiger charge is -2.32. The molecule has 0 radical (unpaired) electrons. The van der Waals surface area contributed by atoms with Crippen molar-refractivity contribution in [3.05, 3.63) is 48.0 Å². The van der Waals surface area contributed by atoms with Crippen molar-refractivity contribution < 1.29 is 22.7 Å². The maximum atomic E-state index is 12.6. The quantitative estimate of drug-likeness (QED) is 0.596. The van der Waals surface area contributed by atoms with Crippen LogP contribution in [0.15, 0.2) is 47.4 Å². The van der Waals surface area contributed by atoms with Gasteiger partial charge in [-0.15, -0.1) is 0 Å². The number of nitrogens with one attached hydrogen (secondary N) is 2. The Balaban J connectivity index is 1.52. The highest BCUT2D eigenvalue weighted by atomic mass is 32.2. The number of methoxy groups -OCH3 is 2. The number of sulfonamides is 1. The highest BCUT2D eigenvalue weighted by Gasteiger charge is 2.24. The van der Waals surface area contributed by atoms with Crippen LogP contribution in [0.25, 0.3) is 0 Å². The summed E-state index contributed by atoms with van der Waals surface area (Å²) in [6.45, 7) is 3.96. The molecule has 2 aromatic carbocycles. The largest absolute Gasteiger partial charge is 0.497 e. The van der Waals surface area contributed by atoms with Gasteiger partial charge in [0, 0.05) is 37.0 Å². The molecule has 1 unspecified atom stereocenters. The fourth-order valence-corrected chi connectivity index (χ4v) is 4.89. The number of hydrogen-bond acceptors (Lipinski definition) is 6. The molecule has 1 heterocycles. The second-order valence-corrected chi connectivity index (χ2v) is 9.82. The van der Waals surface area contributed by atoms with Crippen LogP contribution in [0.4, 0.5) is 5.69 Å². The van der Waals surface area contributed by atoms with Crippen molar-refractivity contribution in [1.82, 2.24) is 9.62 Å². The molecule has 0 saturated carbocycles. The highest BCUT2D eigenvalue weighted by molar-refractivity contribution is 7.89. The second-order valence-electron chi connectivity index (χ2n) is 8.06. The Morgan fingerprint density at radius 3 is 2.38 bits per heavy atom. The van der Waals surface area contributed by atoms with Crippen molar-refractivity contribution in [2.75, 3.05) is 45.7 Å². The smallest absolute Gasteiger partial charge is 0.240 e. The molecule has 32 heavy (non-hydrogen) atoms. The summed E-state index contributed by atoms with van der Waals surface area (Å²) in [5.74, 6) is 1.20. The molecule has 1 fully saturated rings. The molecule has 3 rings (SSSR count).